The van der Waals surface area contributed by atoms with E-state index >= 15 is 0 Å². The zero-order chi connectivity index (χ0) is 19.8. The second kappa shape index (κ2) is 9.63. The van der Waals surface area contributed by atoms with Crippen LogP contribution in [0.5, 0.6) is 11.5 Å². The van der Waals surface area contributed by atoms with Crippen molar-refractivity contribution >= 4 is 33.7 Å². The van der Waals surface area contributed by atoms with Crippen LogP contribution in [0.15, 0.2) is 59.1 Å². The van der Waals surface area contributed by atoms with Crippen LogP contribution in [-0.2, 0) is 9.53 Å². The number of anilines is 1. The van der Waals surface area contributed by atoms with Gasteiger partial charge < -0.3 is 19.7 Å². The molecule has 2 aromatic carbocycles. The summed E-state index contributed by atoms with van der Waals surface area (Å²) in [4.78, 5) is 22.9. The highest BCUT2D eigenvalue weighted by molar-refractivity contribution is 9.10. The number of carboxylic acids is 1. The number of carboxylic acid groups (broad SMARTS) is 1. The number of benzene rings is 2. The molecule has 0 radical (unpaired) electrons. The monoisotopic (exact) mass is 435 g/mol. The summed E-state index contributed by atoms with van der Waals surface area (Å²) in [6.07, 6.45) is 0.952. The summed E-state index contributed by atoms with van der Waals surface area (Å²) >= 11 is 3.31. The van der Waals surface area contributed by atoms with Crippen molar-refractivity contribution in [2.24, 2.45) is 0 Å². The van der Waals surface area contributed by atoms with Gasteiger partial charge in [0, 0.05) is 22.7 Å². The van der Waals surface area contributed by atoms with Gasteiger partial charge in [0.1, 0.15) is 6.10 Å². The van der Waals surface area contributed by atoms with Crippen LogP contribution in [0.25, 0.3) is 0 Å². The molecule has 0 unspecified atom stereocenters. The molecule has 0 aliphatic rings. The van der Waals surface area contributed by atoms with Crippen LogP contribution in [0, 0.1) is 0 Å². The summed E-state index contributed by atoms with van der Waals surface area (Å²) < 4.78 is 11.3. The lowest BCUT2D eigenvalue weighted by atomic mass is 10.1. The molecule has 1 amide bonds. The molecule has 0 bridgehead atoms. The average Bonchev–Trinajstić information content (AvgIpc) is 2.62. The molecule has 0 heterocycles. The van der Waals surface area contributed by atoms with Gasteiger partial charge in [-0.2, -0.15) is 0 Å². The van der Waals surface area contributed by atoms with Crippen molar-refractivity contribution in [2.45, 2.75) is 12.5 Å². The normalized spacial score (nSPS) is 11.8. The third-order valence-electron chi connectivity index (χ3n) is 3.53. The third-order valence-corrected chi connectivity index (χ3v) is 4.05. The minimum atomic E-state index is -1.11. The van der Waals surface area contributed by atoms with Gasteiger partial charge in [-0.05, 0) is 42.0 Å². The van der Waals surface area contributed by atoms with E-state index in [9.17, 15) is 14.7 Å². The van der Waals surface area contributed by atoms with Crippen LogP contribution in [-0.4, -0.2) is 29.4 Å². The summed E-state index contributed by atoms with van der Waals surface area (Å²) in [5.74, 6) is -0.942. The molecule has 2 aromatic rings. The highest BCUT2D eigenvalue weighted by atomic mass is 79.9. The summed E-state index contributed by atoms with van der Waals surface area (Å²) in [5.41, 5.74) is 1.04. The van der Waals surface area contributed by atoms with Crippen LogP contribution in [0.2, 0.25) is 0 Å². The second-order valence-corrected chi connectivity index (χ2v) is 6.35. The Labute approximate surface area is 164 Å². The molecular weight excluding hydrogens is 418 g/mol. The molecular formula is C19H18BrNO6. The molecule has 1 atom stereocenters. The number of aromatic hydroxyl groups is 1. The number of methoxy groups -OCH3 is 1. The number of rotatable bonds is 7. The van der Waals surface area contributed by atoms with Gasteiger partial charge in [-0.3, -0.25) is 5.32 Å². The Bertz CT molecular complexity index is 835. The Morgan fingerprint density at radius 2 is 1.93 bits per heavy atom. The van der Waals surface area contributed by atoms with E-state index in [1.807, 2.05) is 0 Å². The van der Waals surface area contributed by atoms with Gasteiger partial charge in [0.15, 0.2) is 11.5 Å². The molecule has 8 heteroatoms. The minimum absolute atomic E-state index is 0.112. The van der Waals surface area contributed by atoms with Gasteiger partial charge in [-0.25, -0.2) is 9.59 Å². The van der Waals surface area contributed by atoms with Crippen molar-refractivity contribution in [3.8, 4) is 11.5 Å². The van der Waals surface area contributed by atoms with Crippen molar-refractivity contribution in [1.29, 1.82) is 0 Å². The van der Waals surface area contributed by atoms with Crippen LogP contribution in [0.1, 0.15) is 18.1 Å². The third kappa shape index (κ3) is 6.34. The number of amides is 1. The predicted octanol–water partition coefficient (Wildman–Crippen LogP) is 4.48. The molecule has 0 saturated heterocycles. The van der Waals surface area contributed by atoms with E-state index in [1.54, 1.807) is 30.3 Å². The second-order valence-electron chi connectivity index (χ2n) is 5.43. The fraction of sp³-hybridized carbons (Fsp3) is 0.158. The molecule has 7 nitrogen and oxygen atoms in total. The van der Waals surface area contributed by atoms with Crippen LogP contribution in [0.3, 0.4) is 0 Å². The Hall–Kier alpha value is -3.00. The first-order valence-electron chi connectivity index (χ1n) is 7.88. The first kappa shape index (κ1) is 20.3. The highest BCUT2D eigenvalue weighted by Crippen LogP contribution is 2.32. The highest BCUT2D eigenvalue weighted by Gasteiger charge is 2.18. The quantitative estimate of drug-likeness (QED) is 0.553. The van der Waals surface area contributed by atoms with E-state index in [4.69, 9.17) is 14.6 Å². The first-order valence-corrected chi connectivity index (χ1v) is 8.68. The van der Waals surface area contributed by atoms with Gasteiger partial charge in [-0.15, -0.1) is 0 Å². The van der Waals surface area contributed by atoms with Crippen molar-refractivity contribution in [3.05, 3.63) is 64.7 Å². The molecule has 0 aromatic heterocycles. The lowest BCUT2D eigenvalue weighted by molar-refractivity contribution is -0.131. The van der Waals surface area contributed by atoms with Crippen LogP contribution in [0.4, 0.5) is 10.5 Å². The molecule has 0 aliphatic carbocycles. The Morgan fingerprint density at radius 1 is 1.22 bits per heavy atom. The van der Waals surface area contributed by atoms with Crippen LogP contribution >= 0.6 is 15.9 Å². The minimum Gasteiger partial charge on any atom is -0.504 e. The van der Waals surface area contributed by atoms with E-state index in [2.05, 4.69) is 21.2 Å². The van der Waals surface area contributed by atoms with E-state index in [0.717, 1.165) is 10.5 Å². The number of aliphatic carboxylic acids is 1. The average molecular weight is 436 g/mol. The van der Waals surface area contributed by atoms with E-state index in [1.165, 1.54) is 25.3 Å². The van der Waals surface area contributed by atoms with Crippen molar-refractivity contribution < 1.29 is 29.3 Å². The molecule has 0 spiro atoms. The fourth-order valence-electron chi connectivity index (χ4n) is 2.26. The van der Waals surface area contributed by atoms with Crippen molar-refractivity contribution in [1.82, 2.24) is 0 Å². The first-order chi connectivity index (χ1) is 12.9. The zero-order valence-electron chi connectivity index (χ0n) is 14.4. The maximum absolute atomic E-state index is 12.2. The molecule has 3 N–H and O–H groups in total. The molecule has 0 fully saturated rings. The van der Waals surface area contributed by atoms with Gasteiger partial charge in [0.25, 0.3) is 0 Å². The molecule has 0 saturated carbocycles. The maximum Gasteiger partial charge on any atom is 0.412 e. The van der Waals surface area contributed by atoms with Gasteiger partial charge in [0.05, 0.1) is 7.11 Å². The summed E-state index contributed by atoms with van der Waals surface area (Å²) in [6, 6.07) is 11.5. The van der Waals surface area contributed by atoms with E-state index in [0.29, 0.717) is 11.3 Å². The summed E-state index contributed by atoms with van der Waals surface area (Å²) in [5, 5.41) is 21.3. The standard InChI is InChI=1S/C19H18BrNO6/c1-26-17-10-5-12(11-15(17)22)16(3-2-4-18(23)24)27-19(25)21-14-8-6-13(20)7-9-14/h2,4-11,16,22H,3H2,1H3,(H,21,25)(H,23,24)/b4-2+/t16-/m1/s1. The van der Waals surface area contributed by atoms with Crippen molar-refractivity contribution in [2.75, 3.05) is 12.4 Å². The number of nitrogens with one attached hydrogen (secondary N) is 1. The summed E-state index contributed by atoms with van der Waals surface area (Å²) in [6.45, 7) is 0. The number of halogens is 1. The van der Waals surface area contributed by atoms with Crippen molar-refractivity contribution in [3.63, 3.8) is 0 Å². The number of carbonyl (C=O) groups excluding carboxylic acids is 1. The van der Waals surface area contributed by atoms with Crippen LogP contribution < -0.4 is 10.1 Å². The Morgan fingerprint density at radius 3 is 2.52 bits per heavy atom. The number of hydrogen-bond acceptors (Lipinski definition) is 5. The number of carbonyl (C=O) groups is 2. The largest absolute Gasteiger partial charge is 0.504 e. The summed E-state index contributed by atoms with van der Waals surface area (Å²) in [7, 11) is 1.42. The fourth-order valence-corrected chi connectivity index (χ4v) is 2.53. The molecule has 27 heavy (non-hydrogen) atoms. The predicted molar refractivity (Wildman–Crippen MR) is 103 cm³/mol. The zero-order valence-corrected chi connectivity index (χ0v) is 16.0. The van der Waals surface area contributed by atoms with E-state index in [-0.39, 0.29) is 17.9 Å². The van der Waals surface area contributed by atoms with Gasteiger partial charge >= 0.3 is 12.1 Å². The topological polar surface area (TPSA) is 105 Å². The smallest absolute Gasteiger partial charge is 0.412 e. The number of phenols is 1. The maximum atomic E-state index is 12.2. The van der Waals surface area contributed by atoms with E-state index < -0.39 is 18.2 Å². The Balaban J connectivity index is 2.15. The number of hydrogen-bond donors (Lipinski definition) is 3. The molecule has 142 valence electrons. The molecule has 2 rings (SSSR count). The lowest BCUT2D eigenvalue weighted by Crippen LogP contribution is -2.17. The van der Waals surface area contributed by atoms with Gasteiger partial charge in [0.2, 0.25) is 0 Å². The SMILES string of the molecule is COc1ccc([C@@H](C/C=C/C(=O)O)OC(=O)Nc2ccc(Br)cc2)cc1O. The number of phenolic OH excluding ortho intramolecular Hbond substituents is 1. The number of ether oxygens (including phenoxy) is 2. The Kier molecular flexibility index (Phi) is 7.25. The molecule has 0 aliphatic heterocycles. The lowest BCUT2D eigenvalue weighted by Gasteiger charge is -2.18. The van der Waals surface area contributed by atoms with Gasteiger partial charge in [-0.1, -0.05) is 28.1 Å².